The summed E-state index contributed by atoms with van der Waals surface area (Å²) in [5.41, 5.74) is 4.48. The minimum absolute atomic E-state index is 0.00629. The third kappa shape index (κ3) is 5.91. The number of fused-ring (bicyclic) bond motifs is 1. The predicted octanol–water partition coefficient (Wildman–Crippen LogP) is 4.49. The van der Waals surface area contributed by atoms with Crippen LogP contribution < -0.4 is 15.5 Å². The molecule has 44 heavy (non-hydrogen) atoms. The monoisotopic (exact) mass is 611 g/mol. The highest BCUT2D eigenvalue weighted by Gasteiger charge is 2.44. The number of carbonyl (C=O) groups is 4. The van der Waals surface area contributed by atoms with Crippen LogP contribution in [0.3, 0.4) is 0 Å². The molecule has 0 saturated carbocycles. The number of nitrogens with one attached hydrogen (secondary N) is 3. The maximum absolute atomic E-state index is 14.1. The molecule has 0 spiro atoms. The zero-order valence-electron chi connectivity index (χ0n) is 25.0. The van der Waals surface area contributed by atoms with Crippen LogP contribution in [0.15, 0.2) is 60.4 Å². The zero-order chi connectivity index (χ0) is 30.8. The Morgan fingerprint density at radius 2 is 1.95 bits per heavy atom. The number of Topliss-reactive ketones (excluding diaryl/α,β-unsaturated/α-hetero) is 1. The van der Waals surface area contributed by atoms with Crippen molar-refractivity contribution in [3.63, 3.8) is 0 Å². The molecule has 0 aliphatic carbocycles. The van der Waals surface area contributed by atoms with Crippen LogP contribution in [0, 0.1) is 11.8 Å². The van der Waals surface area contributed by atoms with Crippen molar-refractivity contribution in [3.05, 3.63) is 82.8 Å². The summed E-state index contributed by atoms with van der Waals surface area (Å²) in [5, 5.41) is 9.06. The van der Waals surface area contributed by atoms with Gasteiger partial charge in [-0.3, -0.25) is 24.1 Å². The lowest BCUT2D eigenvalue weighted by atomic mass is 9.85. The molecule has 228 valence electrons. The molecule has 10 heteroatoms. The van der Waals surface area contributed by atoms with Crippen molar-refractivity contribution >= 4 is 50.6 Å². The van der Waals surface area contributed by atoms with Crippen LogP contribution in [0.5, 0.6) is 0 Å². The quantitative estimate of drug-likeness (QED) is 0.231. The summed E-state index contributed by atoms with van der Waals surface area (Å²) in [7, 11) is 0. The van der Waals surface area contributed by atoms with Gasteiger partial charge < -0.3 is 15.6 Å². The number of hydrogen-bond acceptors (Lipinski definition) is 6. The number of aryl methyl sites for hydroxylation is 1. The van der Waals surface area contributed by atoms with Crippen molar-refractivity contribution in [2.75, 3.05) is 4.90 Å². The van der Waals surface area contributed by atoms with E-state index in [1.54, 1.807) is 28.8 Å². The molecule has 4 atom stereocenters. The standard InChI is InChI=1S/C34H37N5O4S/c1-3-20(2)27(15-25(40)13-23-18-44-30-10-5-4-9-26(23)30)32(41)38-28-12-11-21-7-6-8-22-14-29(39(31(21)22)34(28)43)33(42)36-17-24-16-35-19-37-24/h4-10,16,18-20,27-29H,3,11-15,17H2,1-2H3,(H,35,37)(H,36,42)(H,38,41)/t20-,27-,28-,29-/m0/s1. The van der Waals surface area contributed by atoms with E-state index in [2.05, 4.69) is 20.6 Å². The number of anilines is 1. The van der Waals surface area contributed by atoms with Gasteiger partial charge in [0.2, 0.25) is 17.7 Å². The first-order chi connectivity index (χ1) is 21.3. The largest absolute Gasteiger partial charge is 0.349 e. The van der Waals surface area contributed by atoms with Gasteiger partial charge in [0.05, 0.1) is 24.3 Å². The van der Waals surface area contributed by atoms with Gasteiger partial charge in [-0.25, -0.2) is 4.98 Å². The molecule has 4 heterocycles. The van der Waals surface area contributed by atoms with Crippen LogP contribution in [-0.4, -0.2) is 45.6 Å². The SMILES string of the molecule is CC[C@H](C)[C@H](CC(=O)Cc1csc2ccccc12)C(=O)N[C@H]1CCc2cccc3c2N(C1=O)[C@H](C(=O)NCc1cnc[nH]1)C3. The fourth-order valence-corrected chi connectivity index (χ4v) is 7.43. The number of rotatable bonds is 11. The minimum atomic E-state index is -0.800. The second kappa shape index (κ2) is 12.7. The third-order valence-corrected chi connectivity index (χ3v) is 10.1. The van der Waals surface area contributed by atoms with Crippen LogP contribution in [0.1, 0.15) is 55.5 Å². The fourth-order valence-electron chi connectivity index (χ4n) is 6.47. The molecule has 9 nitrogen and oxygen atoms in total. The Morgan fingerprint density at radius 3 is 2.75 bits per heavy atom. The number of carbonyl (C=O) groups excluding carboxylic acids is 4. The van der Waals surface area contributed by atoms with Gasteiger partial charge in [0.15, 0.2) is 0 Å². The number of amides is 3. The highest BCUT2D eigenvalue weighted by Crippen LogP contribution is 2.39. The second-order valence-electron chi connectivity index (χ2n) is 11.9. The molecule has 2 aromatic heterocycles. The number of thiophene rings is 1. The Balaban J connectivity index is 1.18. The van der Waals surface area contributed by atoms with Gasteiger partial charge in [-0.1, -0.05) is 56.7 Å². The van der Waals surface area contributed by atoms with E-state index in [4.69, 9.17) is 0 Å². The summed E-state index contributed by atoms with van der Waals surface area (Å²) in [4.78, 5) is 63.2. The van der Waals surface area contributed by atoms with Gasteiger partial charge in [-0.15, -0.1) is 11.3 Å². The van der Waals surface area contributed by atoms with Gasteiger partial charge in [0.25, 0.3) is 0 Å². The smallest absolute Gasteiger partial charge is 0.250 e. The first kappa shape index (κ1) is 29.7. The minimum Gasteiger partial charge on any atom is -0.349 e. The van der Waals surface area contributed by atoms with Crippen LogP contribution in [0.4, 0.5) is 5.69 Å². The number of aromatic amines is 1. The molecule has 2 aliphatic rings. The van der Waals surface area contributed by atoms with Crippen LogP contribution in [0.25, 0.3) is 10.1 Å². The van der Waals surface area contributed by atoms with Crippen molar-refractivity contribution in [2.24, 2.45) is 11.8 Å². The van der Waals surface area contributed by atoms with Crippen molar-refractivity contribution in [3.8, 4) is 0 Å². The number of hydrogen-bond donors (Lipinski definition) is 3. The molecule has 2 aromatic carbocycles. The predicted molar refractivity (Wildman–Crippen MR) is 170 cm³/mol. The summed E-state index contributed by atoms with van der Waals surface area (Å²) in [6.07, 6.45) is 5.72. The van der Waals surface area contributed by atoms with E-state index in [-0.39, 0.29) is 48.8 Å². The van der Waals surface area contributed by atoms with Crippen molar-refractivity contribution in [1.82, 2.24) is 20.6 Å². The molecule has 0 bridgehead atoms. The number of imidazole rings is 1. The number of para-hydroxylation sites is 1. The molecular formula is C34H37N5O4S. The van der Waals surface area contributed by atoms with E-state index >= 15 is 0 Å². The molecule has 0 radical (unpaired) electrons. The summed E-state index contributed by atoms with van der Waals surface area (Å²) in [6.45, 7) is 4.26. The normalized spacial score (nSPS) is 18.9. The summed E-state index contributed by atoms with van der Waals surface area (Å²) >= 11 is 1.62. The summed E-state index contributed by atoms with van der Waals surface area (Å²) in [5.74, 6) is -1.43. The molecule has 0 unspecified atom stereocenters. The molecule has 0 fully saturated rings. The van der Waals surface area contributed by atoms with Gasteiger partial charge in [0, 0.05) is 36.1 Å². The molecule has 0 saturated heterocycles. The average Bonchev–Trinajstić information content (AvgIpc) is 3.77. The Kier molecular flexibility index (Phi) is 8.61. The first-order valence-electron chi connectivity index (χ1n) is 15.3. The van der Waals surface area contributed by atoms with Crippen LogP contribution in [0.2, 0.25) is 0 Å². The third-order valence-electron chi connectivity index (χ3n) is 9.10. The maximum Gasteiger partial charge on any atom is 0.250 e. The van der Waals surface area contributed by atoms with E-state index in [0.717, 1.165) is 44.6 Å². The lowest BCUT2D eigenvalue weighted by molar-refractivity contribution is -0.134. The van der Waals surface area contributed by atoms with Crippen molar-refractivity contribution in [1.29, 1.82) is 0 Å². The highest BCUT2D eigenvalue weighted by molar-refractivity contribution is 7.17. The molecule has 4 aromatic rings. The van der Waals surface area contributed by atoms with E-state index in [0.29, 0.717) is 19.3 Å². The number of H-pyrrole nitrogens is 1. The lowest BCUT2D eigenvalue weighted by Crippen LogP contribution is -2.55. The van der Waals surface area contributed by atoms with Gasteiger partial charge in [-0.2, -0.15) is 0 Å². The molecule has 2 aliphatic heterocycles. The van der Waals surface area contributed by atoms with Gasteiger partial charge in [0.1, 0.15) is 17.9 Å². The molecular weight excluding hydrogens is 574 g/mol. The molecule has 3 N–H and O–H groups in total. The number of aromatic nitrogens is 2. The van der Waals surface area contributed by atoms with Crippen molar-refractivity contribution in [2.45, 2.75) is 71.0 Å². The number of nitrogens with zero attached hydrogens (tertiary/aromatic N) is 2. The van der Waals surface area contributed by atoms with Gasteiger partial charge >= 0.3 is 0 Å². The molecule has 6 rings (SSSR count). The first-order valence-corrected chi connectivity index (χ1v) is 16.2. The van der Waals surface area contributed by atoms with Crippen LogP contribution in [-0.2, 0) is 45.0 Å². The maximum atomic E-state index is 14.1. The molecule has 3 amide bonds. The lowest BCUT2D eigenvalue weighted by Gasteiger charge is -2.29. The Labute approximate surface area is 260 Å². The van der Waals surface area contributed by atoms with E-state index in [9.17, 15) is 19.2 Å². The van der Waals surface area contributed by atoms with Crippen LogP contribution >= 0.6 is 11.3 Å². The number of ketones is 1. The fraction of sp³-hybridized carbons (Fsp3) is 0.382. The Hall–Kier alpha value is -4.31. The Bertz CT molecular complexity index is 1700. The number of benzene rings is 2. The summed E-state index contributed by atoms with van der Waals surface area (Å²) < 4.78 is 1.14. The second-order valence-corrected chi connectivity index (χ2v) is 12.8. The van der Waals surface area contributed by atoms with Crippen molar-refractivity contribution < 1.29 is 19.2 Å². The van der Waals surface area contributed by atoms with E-state index in [1.807, 2.05) is 61.7 Å². The highest BCUT2D eigenvalue weighted by atomic mass is 32.1. The van der Waals surface area contributed by atoms with E-state index < -0.39 is 18.0 Å². The van der Waals surface area contributed by atoms with Gasteiger partial charge in [-0.05, 0) is 52.3 Å². The van der Waals surface area contributed by atoms with E-state index in [1.165, 1.54) is 0 Å². The average molecular weight is 612 g/mol. The topological polar surface area (TPSA) is 124 Å². The summed E-state index contributed by atoms with van der Waals surface area (Å²) in [6, 6.07) is 12.4. The Morgan fingerprint density at radius 1 is 1.14 bits per heavy atom. The zero-order valence-corrected chi connectivity index (χ0v) is 25.8.